The zero-order valence-corrected chi connectivity index (χ0v) is 14.0. The second kappa shape index (κ2) is 7.33. The molecule has 1 unspecified atom stereocenters. The number of hydrogen-bond acceptors (Lipinski definition) is 6. The Labute approximate surface area is 145 Å². The summed E-state index contributed by atoms with van der Waals surface area (Å²) in [4.78, 5) is 22.5. The molecule has 2 aromatic rings. The molecule has 1 aliphatic rings. The van der Waals surface area contributed by atoms with E-state index in [9.17, 15) is 9.18 Å². The minimum Gasteiger partial charge on any atom is -0.393 e. The van der Waals surface area contributed by atoms with Gasteiger partial charge in [-0.3, -0.25) is 15.6 Å². The van der Waals surface area contributed by atoms with Crippen LogP contribution in [0.3, 0.4) is 0 Å². The van der Waals surface area contributed by atoms with Crippen LogP contribution in [-0.4, -0.2) is 29.0 Å². The summed E-state index contributed by atoms with van der Waals surface area (Å²) >= 11 is 0. The molecule has 0 bridgehead atoms. The van der Waals surface area contributed by atoms with Crippen molar-refractivity contribution in [3.63, 3.8) is 0 Å². The molecule has 0 radical (unpaired) electrons. The van der Waals surface area contributed by atoms with Crippen LogP contribution < -0.4 is 21.5 Å². The maximum absolute atomic E-state index is 13.6. The van der Waals surface area contributed by atoms with E-state index in [0.29, 0.717) is 17.4 Å². The molecule has 2 heterocycles. The van der Waals surface area contributed by atoms with Gasteiger partial charge in [-0.1, -0.05) is 19.1 Å². The summed E-state index contributed by atoms with van der Waals surface area (Å²) < 4.78 is 13.6. The monoisotopic (exact) mass is 344 g/mol. The van der Waals surface area contributed by atoms with Gasteiger partial charge in [0.2, 0.25) is 0 Å². The van der Waals surface area contributed by atoms with Crippen LogP contribution in [-0.2, 0) is 0 Å². The summed E-state index contributed by atoms with van der Waals surface area (Å²) in [7, 11) is 0. The molecule has 1 fully saturated rings. The van der Waals surface area contributed by atoms with Gasteiger partial charge in [-0.2, -0.15) is 0 Å². The van der Waals surface area contributed by atoms with Gasteiger partial charge in [0, 0.05) is 13.1 Å². The Morgan fingerprint density at radius 2 is 2.16 bits per heavy atom. The number of halogens is 1. The molecule has 7 nitrogen and oxygen atoms in total. The van der Waals surface area contributed by atoms with E-state index < -0.39 is 11.7 Å². The highest BCUT2D eigenvalue weighted by molar-refractivity contribution is 5.95. The van der Waals surface area contributed by atoms with E-state index in [1.165, 1.54) is 30.9 Å². The minimum absolute atomic E-state index is 0.0623. The summed E-state index contributed by atoms with van der Waals surface area (Å²) in [6.07, 6.45) is 3.66. The molecule has 1 aliphatic heterocycles. The Hall–Kier alpha value is -2.90. The van der Waals surface area contributed by atoms with Gasteiger partial charge in [0.25, 0.3) is 5.91 Å². The van der Waals surface area contributed by atoms with Crippen LogP contribution in [0, 0.1) is 11.7 Å². The Balaban J connectivity index is 1.72. The number of nitrogen functional groups attached to an aromatic ring is 1. The highest BCUT2D eigenvalue weighted by atomic mass is 19.1. The van der Waals surface area contributed by atoms with Gasteiger partial charge in [0.15, 0.2) is 11.6 Å². The van der Waals surface area contributed by atoms with E-state index in [1.807, 2.05) is 0 Å². The van der Waals surface area contributed by atoms with Crippen LogP contribution in [0.25, 0.3) is 0 Å². The van der Waals surface area contributed by atoms with E-state index in [1.54, 1.807) is 6.07 Å². The van der Waals surface area contributed by atoms with Crippen molar-refractivity contribution >= 4 is 23.2 Å². The van der Waals surface area contributed by atoms with Crippen molar-refractivity contribution < 1.29 is 9.18 Å². The predicted molar refractivity (Wildman–Crippen MR) is 94.5 cm³/mol. The molecule has 0 aliphatic carbocycles. The number of amides is 1. The summed E-state index contributed by atoms with van der Waals surface area (Å²) in [5.74, 6) is 0.294. The quantitative estimate of drug-likeness (QED) is 0.736. The van der Waals surface area contributed by atoms with E-state index in [4.69, 9.17) is 5.73 Å². The molecular formula is C17H21FN6O. The fourth-order valence-electron chi connectivity index (χ4n) is 2.95. The number of carbonyl (C=O) groups is 1. The normalized spacial score (nSPS) is 17.2. The van der Waals surface area contributed by atoms with Gasteiger partial charge in [0.05, 0.1) is 5.56 Å². The van der Waals surface area contributed by atoms with Gasteiger partial charge in [-0.05, 0) is 30.9 Å². The highest BCUT2D eigenvalue weighted by Gasteiger charge is 2.21. The third-order valence-corrected chi connectivity index (χ3v) is 4.23. The smallest absolute Gasteiger partial charge is 0.272 e. The molecule has 8 heteroatoms. The van der Waals surface area contributed by atoms with Crippen molar-refractivity contribution in [1.82, 2.24) is 15.4 Å². The number of rotatable bonds is 4. The number of nitrogens with one attached hydrogen (secondary N) is 2. The Morgan fingerprint density at radius 3 is 2.92 bits per heavy atom. The van der Waals surface area contributed by atoms with Gasteiger partial charge in [-0.25, -0.2) is 14.4 Å². The lowest BCUT2D eigenvalue weighted by Crippen LogP contribution is -2.36. The Kier molecular flexibility index (Phi) is 4.97. The first-order valence-corrected chi connectivity index (χ1v) is 8.22. The molecule has 0 spiro atoms. The van der Waals surface area contributed by atoms with E-state index in [-0.39, 0.29) is 11.4 Å². The topological polar surface area (TPSA) is 96.2 Å². The van der Waals surface area contributed by atoms with Crippen LogP contribution in [0.4, 0.5) is 21.7 Å². The van der Waals surface area contributed by atoms with Crippen LogP contribution in [0.15, 0.2) is 30.6 Å². The molecule has 1 atom stereocenters. The number of piperidine rings is 1. The highest BCUT2D eigenvalue weighted by Crippen LogP contribution is 2.29. The Bertz CT molecular complexity index is 769. The van der Waals surface area contributed by atoms with E-state index >= 15 is 0 Å². The van der Waals surface area contributed by atoms with Gasteiger partial charge in [-0.15, -0.1) is 0 Å². The average Bonchev–Trinajstić information content (AvgIpc) is 2.61. The number of hydrogen-bond donors (Lipinski definition) is 3. The second-order valence-electron chi connectivity index (χ2n) is 6.21. The number of anilines is 3. The summed E-state index contributed by atoms with van der Waals surface area (Å²) in [5.41, 5.74) is 11.5. The fraction of sp³-hybridized carbons (Fsp3) is 0.353. The van der Waals surface area contributed by atoms with Crippen molar-refractivity contribution in [2.24, 2.45) is 5.92 Å². The standard InChI is InChI=1S/C17H21FN6O/c1-11-5-4-8-24(9-11)16-14(19)15(20-10-21-16)22-23-17(25)12-6-2-3-7-13(12)18/h2-3,6-7,10-11H,4-5,8-9,19H2,1H3,(H,23,25)(H,20,21,22). The summed E-state index contributed by atoms with van der Waals surface area (Å²) in [6, 6.07) is 5.74. The molecule has 132 valence electrons. The predicted octanol–water partition coefficient (Wildman–Crippen LogP) is 2.19. The molecule has 1 saturated heterocycles. The van der Waals surface area contributed by atoms with Crippen LogP contribution in [0.5, 0.6) is 0 Å². The van der Waals surface area contributed by atoms with Crippen molar-refractivity contribution in [3.05, 3.63) is 42.0 Å². The number of nitrogens with zero attached hydrogens (tertiary/aromatic N) is 3. The maximum Gasteiger partial charge on any atom is 0.272 e. The lowest BCUT2D eigenvalue weighted by molar-refractivity contribution is 0.0958. The fourth-order valence-corrected chi connectivity index (χ4v) is 2.95. The van der Waals surface area contributed by atoms with Crippen molar-refractivity contribution in [2.75, 3.05) is 29.1 Å². The average molecular weight is 344 g/mol. The second-order valence-corrected chi connectivity index (χ2v) is 6.21. The zero-order valence-electron chi connectivity index (χ0n) is 14.0. The first-order chi connectivity index (χ1) is 12.1. The molecule has 1 aromatic carbocycles. The molecule has 1 amide bonds. The number of carbonyl (C=O) groups excluding carboxylic acids is 1. The zero-order chi connectivity index (χ0) is 17.8. The number of aromatic nitrogens is 2. The van der Waals surface area contributed by atoms with Crippen LogP contribution >= 0.6 is 0 Å². The molecule has 25 heavy (non-hydrogen) atoms. The van der Waals surface area contributed by atoms with E-state index in [0.717, 1.165) is 19.5 Å². The van der Waals surface area contributed by atoms with Crippen LogP contribution in [0.1, 0.15) is 30.1 Å². The largest absolute Gasteiger partial charge is 0.393 e. The van der Waals surface area contributed by atoms with Gasteiger partial charge >= 0.3 is 0 Å². The van der Waals surface area contributed by atoms with Crippen LogP contribution in [0.2, 0.25) is 0 Å². The third kappa shape index (κ3) is 3.78. The van der Waals surface area contributed by atoms with Gasteiger partial charge < -0.3 is 10.6 Å². The van der Waals surface area contributed by atoms with Crippen molar-refractivity contribution in [1.29, 1.82) is 0 Å². The molecule has 4 N–H and O–H groups in total. The number of hydrazine groups is 1. The summed E-state index contributed by atoms with van der Waals surface area (Å²) in [5, 5.41) is 0. The number of nitrogens with two attached hydrogens (primary N) is 1. The van der Waals surface area contributed by atoms with Gasteiger partial charge in [0.1, 0.15) is 17.8 Å². The lowest BCUT2D eigenvalue weighted by atomic mass is 10.0. The first kappa shape index (κ1) is 16.9. The Morgan fingerprint density at radius 1 is 1.36 bits per heavy atom. The maximum atomic E-state index is 13.6. The SMILES string of the molecule is CC1CCCN(c2ncnc(NNC(=O)c3ccccc3F)c2N)C1. The van der Waals surface area contributed by atoms with Crippen molar-refractivity contribution in [3.8, 4) is 0 Å². The third-order valence-electron chi connectivity index (χ3n) is 4.23. The molecular weight excluding hydrogens is 323 g/mol. The minimum atomic E-state index is -0.607. The van der Waals surface area contributed by atoms with Crippen molar-refractivity contribution in [2.45, 2.75) is 19.8 Å². The molecule has 3 rings (SSSR count). The summed E-state index contributed by atoms with van der Waals surface area (Å²) in [6.45, 7) is 3.95. The first-order valence-electron chi connectivity index (χ1n) is 8.22. The molecule has 1 aromatic heterocycles. The number of benzene rings is 1. The van der Waals surface area contributed by atoms with E-state index in [2.05, 4.69) is 32.6 Å². The lowest BCUT2D eigenvalue weighted by Gasteiger charge is -2.32. The molecule has 0 saturated carbocycles.